The summed E-state index contributed by atoms with van der Waals surface area (Å²) in [7, 11) is 0. The van der Waals surface area contributed by atoms with E-state index in [2.05, 4.69) is 24.0 Å². The summed E-state index contributed by atoms with van der Waals surface area (Å²) in [5, 5.41) is -0.205. The van der Waals surface area contributed by atoms with Gasteiger partial charge < -0.3 is 9.47 Å². The molecule has 0 amide bonds. The van der Waals surface area contributed by atoms with Gasteiger partial charge in [0.05, 0.1) is 19.8 Å². The zero-order chi connectivity index (χ0) is 24.9. The second kappa shape index (κ2) is 12.7. The monoisotopic (exact) mass is 549 g/mol. The molecular weight excluding hydrogens is 517 g/mol. The van der Waals surface area contributed by atoms with E-state index in [-0.39, 0.29) is 18.2 Å². The Bertz CT molecular complexity index is 1080. The summed E-state index contributed by atoms with van der Waals surface area (Å²) in [6.45, 7) is 8.89. The third kappa shape index (κ3) is 6.80. The van der Waals surface area contributed by atoms with E-state index in [1.54, 1.807) is 0 Å². The Hall–Kier alpha value is -1.66. The van der Waals surface area contributed by atoms with Crippen LogP contribution in [0.5, 0.6) is 0 Å². The van der Waals surface area contributed by atoms with E-state index < -0.39 is 10.5 Å². The molecular formula is C29H34Cl3NO3. The number of Topliss-reactive ketones (excluding diaryl/α,β-unsaturated/α-hetero) is 1. The van der Waals surface area contributed by atoms with E-state index in [0.29, 0.717) is 30.0 Å². The van der Waals surface area contributed by atoms with Crippen LogP contribution in [0.2, 0.25) is 5.02 Å². The Kier molecular flexibility index (Phi) is 10.2. The molecule has 0 N–H and O–H groups in total. The topological polar surface area (TPSA) is 38.8 Å². The van der Waals surface area contributed by atoms with Crippen molar-refractivity contribution < 1.29 is 14.3 Å². The molecule has 2 aromatic carbocycles. The van der Waals surface area contributed by atoms with Crippen LogP contribution in [-0.4, -0.2) is 55.2 Å². The molecule has 2 atom stereocenters. The van der Waals surface area contributed by atoms with Gasteiger partial charge in [-0.05, 0) is 35.8 Å². The average molecular weight is 551 g/mol. The van der Waals surface area contributed by atoms with Crippen LogP contribution in [0.4, 0.5) is 0 Å². The van der Waals surface area contributed by atoms with E-state index in [1.807, 2.05) is 61.5 Å². The van der Waals surface area contributed by atoms with Crippen LogP contribution >= 0.6 is 35.6 Å². The fourth-order valence-corrected chi connectivity index (χ4v) is 5.09. The van der Waals surface area contributed by atoms with Crippen molar-refractivity contribution in [1.29, 1.82) is 0 Å². The van der Waals surface area contributed by atoms with Gasteiger partial charge in [-0.25, -0.2) is 0 Å². The molecule has 0 bridgehead atoms. The Morgan fingerprint density at radius 3 is 2.42 bits per heavy atom. The predicted octanol–water partition coefficient (Wildman–Crippen LogP) is 6.85. The molecule has 1 aliphatic heterocycles. The second-order valence-electron chi connectivity index (χ2n) is 9.53. The van der Waals surface area contributed by atoms with Gasteiger partial charge in [-0.3, -0.25) is 9.69 Å². The van der Waals surface area contributed by atoms with Gasteiger partial charge in [0.15, 0.2) is 10.8 Å². The Morgan fingerprint density at radius 2 is 1.78 bits per heavy atom. The van der Waals surface area contributed by atoms with Gasteiger partial charge in [-0.1, -0.05) is 84.7 Å². The quantitative estimate of drug-likeness (QED) is 0.253. The fourth-order valence-electron chi connectivity index (χ4n) is 4.76. The van der Waals surface area contributed by atoms with E-state index in [9.17, 15) is 4.79 Å². The van der Waals surface area contributed by atoms with E-state index in [4.69, 9.17) is 32.7 Å². The van der Waals surface area contributed by atoms with Crippen molar-refractivity contribution in [2.45, 2.75) is 37.2 Å². The van der Waals surface area contributed by atoms with Crippen LogP contribution in [0.3, 0.4) is 0 Å². The SMILES string of the molecule is CC1=CC(C(C)(CC(=O)c2ccccc2)c2ccc(Cl)cc2)=CCC1(Cl)OCCN1CCOCC1.Cl. The van der Waals surface area contributed by atoms with Crippen LogP contribution in [0, 0.1) is 0 Å². The molecule has 7 heteroatoms. The van der Waals surface area contributed by atoms with Gasteiger partial charge >= 0.3 is 0 Å². The van der Waals surface area contributed by atoms with Crippen molar-refractivity contribution in [3.63, 3.8) is 0 Å². The van der Waals surface area contributed by atoms with Gasteiger partial charge in [0.25, 0.3) is 0 Å². The minimum atomic E-state index is -0.875. The van der Waals surface area contributed by atoms with E-state index >= 15 is 0 Å². The molecule has 0 aromatic heterocycles. The first-order chi connectivity index (χ1) is 16.8. The lowest BCUT2D eigenvalue weighted by Gasteiger charge is -2.38. The summed E-state index contributed by atoms with van der Waals surface area (Å²) in [6, 6.07) is 17.2. The number of morpholine rings is 1. The smallest absolute Gasteiger partial charge is 0.166 e. The first-order valence-electron chi connectivity index (χ1n) is 12.2. The second-order valence-corrected chi connectivity index (χ2v) is 10.6. The molecule has 0 saturated carbocycles. The fraction of sp³-hybridized carbons (Fsp3) is 0.414. The van der Waals surface area contributed by atoms with Crippen molar-refractivity contribution in [2.24, 2.45) is 0 Å². The average Bonchev–Trinajstić information content (AvgIpc) is 2.87. The van der Waals surface area contributed by atoms with Gasteiger partial charge in [0.2, 0.25) is 0 Å². The van der Waals surface area contributed by atoms with Crippen LogP contribution in [-0.2, 0) is 14.9 Å². The standard InChI is InChI=1S/C29H33Cl2NO3.ClH/c1-22-20-25(12-13-29(22,31)35-19-16-32-14-17-34-18-15-32)28(2,24-8-10-26(30)11-9-24)21-27(33)23-6-4-3-5-7-23;/h3-12,20H,13-19,21H2,1-2H3;1H. The van der Waals surface area contributed by atoms with Crippen molar-refractivity contribution >= 4 is 41.4 Å². The Balaban J connectivity index is 0.00000361. The molecule has 1 saturated heterocycles. The summed E-state index contributed by atoms with van der Waals surface area (Å²) in [5.41, 5.74) is 3.23. The van der Waals surface area contributed by atoms with Crippen LogP contribution in [0.25, 0.3) is 0 Å². The number of carbonyl (C=O) groups is 1. The third-order valence-corrected chi connectivity index (χ3v) is 7.93. The Labute approximate surface area is 230 Å². The highest BCUT2D eigenvalue weighted by atomic mass is 35.5. The van der Waals surface area contributed by atoms with Crippen LogP contribution in [0.1, 0.15) is 42.6 Å². The van der Waals surface area contributed by atoms with Crippen molar-refractivity contribution in [3.05, 3.63) is 94.0 Å². The first kappa shape index (κ1) is 28.9. The molecule has 1 fully saturated rings. The van der Waals surface area contributed by atoms with Crippen LogP contribution in [0.15, 0.2) is 77.9 Å². The minimum absolute atomic E-state index is 0. The molecule has 4 rings (SSSR count). The van der Waals surface area contributed by atoms with Crippen LogP contribution < -0.4 is 0 Å². The number of ether oxygens (including phenoxy) is 2. The molecule has 1 aliphatic carbocycles. The summed E-state index contributed by atoms with van der Waals surface area (Å²) in [6.07, 6.45) is 5.10. The third-order valence-electron chi connectivity index (χ3n) is 7.12. The molecule has 2 unspecified atom stereocenters. The summed E-state index contributed by atoms with van der Waals surface area (Å²) in [4.78, 5) is 15.6. The normalized spacial score (nSPS) is 22.1. The van der Waals surface area contributed by atoms with Gasteiger partial charge in [0, 0.05) is 48.5 Å². The maximum Gasteiger partial charge on any atom is 0.166 e. The summed E-state index contributed by atoms with van der Waals surface area (Å²) < 4.78 is 11.6. The lowest BCUT2D eigenvalue weighted by Crippen LogP contribution is -2.40. The molecule has 4 nitrogen and oxygen atoms in total. The number of rotatable bonds is 9. The van der Waals surface area contributed by atoms with E-state index in [1.165, 1.54) is 0 Å². The van der Waals surface area contributed by atoms with Gasteiger partial charge in [-0.2, -0.15) is 0 Å². The minimum Gasteiger partial charge on any atom is -0.379 e. The first-order valence-corrected chi connectivity index (χ1v) is 12.9. The molecule has 2 aliphatic rings. The zero-order valence-corrected chi connectivity index (χ0v) is 23.2. The van der Waals surface area contributed by atoms with E-state index in [0.717, 1.165) is 49.6 Å². The number of alkyl halides is 1. The number of halogens is 3. The maximum atomic E-state index is 13.3. The zero-order valence-electron chi connectivity index (χ0n) is 20.8. The lowest BCUT2D eigenvalue weighted by molar-refractivity contribution is -0.00156. The number of benzene rings is 2. The Morgan fingerprint density at radius 1 is 1.11 bits per heavy atom. The number of nitrogens with zero attached hydrogens (tertiary/aromatic N) is 1. The molecule has 0 radical (unpaired) electrons. The summed E-state index contributed by atoms with van der Waals surface area (Å²) in [5.74, 6) is 0.0967. The molecule has 1 heterocycles. The predicted molar refractivity (Wildman–Crippen MR) is 150 cm³/mol. The number of hydrogen-bond donors (Lipinski definition) is 0. The molecule has 36 heavy (non-hydrogen) atoms. The maximum absolute atomic E-state index is 13.3. The lowest BCUT2D eigenvalue weighted by atomic mass is 9.69. The number of carbonyl (C=O) groups excluding carboxylic acids is 1. The molecule has 194 valence electrons. The van der Waals surface area contributed by atoms with Gasteiger partial charge in [0.1, 0.15) is 0 Å². The highest BCUT2D eigenvalue weighted by molar-refractivity contribution is 6.30. The van der Waals surface area contributed by atoms with Crippen molar-refractivity contribution in [3.8, 4) is 0 Å². The highest BCUT2D eigenvalue weighted by Crippen LogP contribution is 2.44. The number of ketones is 1. The van der Waals surface area contributed by atoms with Crippen molar-refractivity contribution in [2.75, 3.05) is 39.5 Å². The number of allylic oxidation sites excluding steroid dienone is 2. The summed E-state index contributed by atoms with van der Waals surface area (Å²) >= 11 is 13.1. The highest BCUT2D eigenvalue weighted by Gasteiger charge is 2.39. The largest absolute Gasteiger partial charge is 0.379 e. The van der Waals surface area contributed by atoms with Gasteiger partial charge in [-0.15, -0.1) is 12.4 Å². The van der Waals surface area contributed by atoms with Crippen molar-refractivity contribution in [1.82, 2.24) is 4.90 Å². The molecule has 0 spiro atoms. The molecule has 2 aromatic rings. The number of hydrogen-bond acceptors (Lipinski definition) is 4.